The first-order valence-electron chi connectivity index (χ1n) is 10.5. The van der Waals surface area contributed by atoms with Crippen molar-refractivity contribution in [2.24, 2.45) is 11.8 Å². The molecule has 1 aromatic carbocycles. The van der Waals surface area contributed by atoms with Gasteiger partial charge in [0, 0.05) is 54.2 Å². The molecular weight excluding hydrogens is 414 g/mol. The van der Waals surface area contributed by atoms with Gasteiger partial charge in [-0.15, -0.1) is 0 Å². The zero-order valence-corrected chi connectivity index (χ0v) is 18.3. The van der Waals surface area contributed by atoms with E-state index in [1.807, 2.05) is 55.4 Å². The van der Waals surface area contributed by atoms with E-state index in [9.17, 15) is 4.79 Å². The number of aryl methyl sites for hydroxylation is 2. The maximum atomic E-state index is 12.8. The molecule has 2 fully saturated rings. The minimum atomic E-state index is 0.155. The van der Waals surface area contributed by atoms with Crippen LogP contribution in [0.2, 0.25) is 5.02 Å². The molecule has 2 aliphatic rings. The van der Waals surface area contributed by atoms with Gasteiger partial charge in [-0.2, -0.15) is 0 Å². The first-order chi connectivity index (χ1) is 15.0. The topological polar surface area (TPSA) is 75.4 Å². The zero-order valence-electron chi connectivity index (χ0n) is 17.6. The Hall–Kier alpha value is -2.93. The highest BCUT2D eigenvalue weighted by molar-refractivity contribution is 6.30. The van der Waals surface area contributed by atoms with E-state index < -0.39 is 0 Å². The number of aromatic nitrogens is 3. The normalized spacial score (nSPS) is 20.4. The minimum Gasteiger partial charge on any atom is -0.361 e. The number of carbonyl (C=O) groups is 1. The summed E-state index contributed by atoms with van der Waals surface area (Å²) < 4.78 is 5.19. The number of nitrogens with zero attached hydrogens (tertiary/aromatic N) is 5. The number of fused-ring (bicyclic) bond motifs is 1. The summed E-state index contributed by atoms with van der Waals surface area (Å²) in [6.07, 6.45) is 4.01. The largest absolute Gasteiger partial charge is 0.361 e. The molecule has 5 rings (SSSR count). The predicted octanol–water partition coefficient (Wildman–Crippen LogP) is 3.54. The van der Waals surface area contributed by atoms with Crippen molar-refractivity contribution in [2.75, 3.05) is 31.1 Å². The molecule has 2 atom stereocenters. The van der Waals surface area contributed by atoms with E-state index in [1.165, 1.54) is 0 Å². The van der Waals surface area contributed by atoms with Gasteiger partial charge in [-0.3, -0.25) is 9.78 Å². The minimum absolute atomic E-state index is 0.155. The number of benzene rings is 1. The summed E-state index contributed by atoms with van der Waals surface area (Å²) in [5, 5.41) is 4.66. The van der Waals surface area contributed by atoms with Crippen LogP contribution in [0.15, 0.2) is 41.2 Å². The molecule has 2 aromatic heterocycles. The predicted molar refractivity (Wildman–Crippen MR) is 118 cm³/mol. The molecule has 8 heteroatoms. The summed E-state index contributed by atoms with van der Waals surface area (Å²) in [6, 6.07) is 7.60. The highest BCUT2D eigenvalue weighted by atomic mass is 35.5. The van der Waals surface area contributed by atoms with Gasteiger partial charge in [-0.1, -0.05) is 28.9 Å². The third-order valence-corrected chi connectivity index (χ3v) is 6.70. The fourth-order valence-electron chi connectivity index (χ4n) is 4.66. The van der Waals surface area contributed by atoms with Crippen molar-refractivity contribution in [3.63, 3.8) is 0 Å². The number of rotatable bonds is 4. The number of anilines is 1. The molecular formula is C23H24ClN5O2. The van der Waals surface area contributed by atoms with E-state index >= 15 is 0 Å². The average Bonchev–Trinajstić information content (AvgIpc) is 3.44. The molecule has 0 N–H and O–H groups in total. The van der Waals surface area contributed by atoms with E-state index in [0.717, 1.165) is 60.3 Å². The molecule has 31 heavy (non-hydrogen) atoms. The van der Waals surface area contributed by atoms with Gasteiger partial charge in [0.25, 0.3) is 0 Å². The molecule has 3 aromatic rings. The molecule has 4 heterocycles. The van der Waals surface area contributed by atoms with E-state index in [-0.39, 0.29) is 5.91 Å². The Kier molecular flexibility index (Phi) is 5.14. The quantitative estimate of drug-likeness (QED) is 0.621. The van der Waals surface area contributed by atoms with E-state index in [4.69, 9.17) is 16.1 Å². The molecule has 0 radical (unpaired) electrons. The molecule has 2 aliphatic heterocycles. The van der Waals surface area contributed by atoms with Crippen LogP contribution in [-0.2, 0) is 11.2 Å². The lowest BCUT2D eigenvalue weighted by atomic mass is 10.0. The second-order valence-electron chi connectivity index (χ2n) is 8.47. The van der Waals surface area contributed by atoms with Crippen molar-refractivity contribution in [2.45, 2.75) is 20.3 Å². The summed E-state index contributed by atoms with van der Waals surface area (Å²) >= 11 is 5.96. The second kappa shape index (κ2) is 7.96. The van der Waals surface area contributed by atoms with Crippen molar-refractivity contribution in [1.29, 1.82) is 0 Å². The third-order valence-electron chi connectivity index (χ3n) is 6.45. The standard InChI is InChI=1S/C23H24ClN5O2/c1-14-20(15(2)31-27-14)7-23(30)29-12-17-10-28(11-18(17)13-29)22-9-25-21(8-26-22)16-3-5-19(24)6-4-16/h3-6,8-9,17-18H,7,10-13H2,1-2H3. The van der Waals surface area contributed by atoms with Gasteiger partial charge in [0.15, 0.2) is 0 Å². The molecule has 0 saturated carbocycles. The van der Waals surface area contributed by atoms with Crippen molar-refractivity contribution >= 4 is 23.3 Å². The van der Waals surface area contributed by atoms with Crippen molar-refractivity contribution in [1.82, 2.24) is 20.0 Å². The van der Waals surface area contributed by atoms with Crippen LogP contribution in [0.5, 0.6) is 0 Å². The summed E-state index contributed by atoms with van der Waals surface area (Å²) in [5.41, 5.74) is 3.54. The summed E-state index contributed by atoms with van der Waals surface area (Å²) in [4.78, 5) is 26.3. The van der Waals surface area contributed by atoms with E-state index in [2.05, 4.69) is 20.0 Å². The smallest absolute Gasteiger partial charge is 0.227 e. The van der Waals surface area contributed by atoms with Crippen molar-refractivity contribution < 1.29 is 9.32 Å². The van der Waals surface area contributed by atoms with Crippen LogP contribution in [0.25, 0.3) is 11.3 Å². The van der Waals surface area contributed by atoms with E-state index in [0.29, 0.717) is 23.3 Å². The number of hydrogen-bond donors (Lipinski definition) is 0. The highest BCUT2D eigenvalue weighted by Crippen LogP contribution is 2.34. The van der Waals surface area contributed by atoms with Gasteiger partial charge in [0.1, 0.15) is 11.6 Å². The Morgan fingerprint density at radius 1 is 1.06 bits per heavy atom. The van der Waals surface area contributed by atoms with Crippen LogP contribution in [0.1, 0.15) is 17.0 Å². The number of hydrogen-bond acceptors (Lipinski definition) is 6. The van der Waals surface area contributed by atoms with Crippen LogP contribution in [-0.4, -0.2) is 52.1 Å². The molecule has 1 amide bonds. The van der Waals surface area contributed by atoms with Gasteiger partial charge in [0.05, 0.1) is 30.2 Å². The lowest BCUT2D eigenvalue weighted by molar-refractivity contribution is -0.129. The summed E-state index contributed by atoms with van der Waals surface area (Å²) in [5.74, 6) is 2.71. The van der Waals surface area contributed by atoms with Gasteiger partial charge in [0.2, 0.25) is 5.91 Å². The first kappa shape index (κ1) is 20.0. The van der Waals surface area contributed by atoms with Gasteiger partial charge < -0.3 is 14.3 Å². The fourth-order valence-corrected chi connectivity index (χ4v) is 4.78. The van der Waals surface area contributed by atoms with Crippen molar-refractivity contribution in [3.05, 3.63) is 58.7 Å². The molecule has 2 saturated heterocycles. The average molecular weight is 438 g/mol. The Balaban J connectivity index is 1.20. The lowest BCUT2D eigenvalue weighted by Gasteiger charge is -2.22. The number of amides is 1. The Bertz CT molecular complexity index is 1060. The van der Waals surface area contributed by atoms with Crippen LogP contribution in [0.4, 0.5) is 5.82 Å². The van der Waals surface area contributed by atoms with Gasteiger partial charge in [-0.05, 0) is 26.0 Å². The van der Waals surface area contributed by atoms with Crippen LogP contribution in [0.3, 0.4) is 0 Å². The number of likely N-dealkylation sites (tertiary alicyclic amines) is 1. The van der Waals surface area contributed by atoms with Crippen LogP contribution in [0, 0.1) is 25.7 Å². The highest BCUT2D eigenvalue weighted by Gasteiger charge is 2.42. The Morgan fingerprint density at radius 2 is 1.77 bits per heavy atom. The fraction of sp³-hybridized carbons (Fsp3) is 0.391. The molecule has 0 aliphatic carbocycles. The Morgan fingerprint density at radius 3 is 2.35 bits per heavy atom. The Labute approximate surface area is 186 Å². The second-order valence-corrected chi connectivity index (χ2v) is 8.91. The molecule has 160 valence electrons. The molecule has 0 spiro atoms. The van der Waals surface area contributed by atoms with E-state index in [1.54, 1.807) is 0 Å². The number of carbonyl (C=O) groups excluding carboxylic acids is 1. The maximum absolute atomic E-state index is 12.8. The van der Waals surface area contributed by atoms with Gasteiger partial charge in [-0.25, -0.2) is 4.98 Å². The summed E-state index contributed by atoms with van der Waals surface area (Å²) in [6.45, 7) is 7.12. The molecule has 7 nitrogen and oxygen atoms in total. The SMILES string of the molecule is Cc1noc(C)c1CC(=O)N1CC2CN(c3cnc(-c4ccc(Cl)cc4)cn3)CC2C1. The van der Waals surface area contributed by atoms with Crippen LogP contribution >= 0.6 is 11.6 Å². The maximum Gasteiger partial charge on any atom is 0.227 e. The third kappa shape index (κ3) is 3.90. The molecule has 0 bridgehead atoms. The summed E-state index contributed by atoms with van der Waals surface area (Å²) in [7, 11) is 0. The van der Waals surface area contributed by atoms with Crippen LogP contribution < -0.4 is 4.90 Å². The molecule has 2 unspecified atom stereocenters. The monoisotopic (exact) mass is 437 g/mol. The zero-order chi connectivity index (χ0) is 21.5. The van der Waals surface area contributed by atoms with Crippen molar-refractivity contribution in [3.8, 4) is 11.3 Å². The lowest BCUT2D eigenvalue weighted by Crippen LogP contribution is -2.34. The number of halogens is 1. The van der Waals surface area contributed by atoms with Gasteiger partial charge >= 0.3 is 0 Å². The first-order valence-corrected chi connectivity index (χ1v) is 10.9.